The van der Waals surface area contributed by atoms with Gasteiger partial charge in [0, 0.05) is 18.3 Å². The van der Waals surface area contributed by atoms with Crippen molar-refractivity contribution < 1.29 is 0 Å². The molecule has 0 bridgehead atoms. The van der Waals surface area contributed by atoms with Gasteiger partial charge in [0.05, 0.1) is 5.69 Å². The van der Waals surface area contributed by atoms with E-state index in [1.807, 2.05) is 7.05 Å². The molecule has 0 spiro atoms. The van der Waals surface area contributed by atoms with Gasteiger partial charge in [0.25, 0.3) is 0 Å². The molecular weight excluding hydrogens is 222 g/mol. The average Bonchev–Trinajstić information content (AvgIpc) is 2.70. The molecule has 0 radical (unpaired) electrons. The second-order valence-electron chi connectivity index (χ2n) is 5.60. The van der Waals surface area contributed by atoms with E-state index in [0.29, 0.717) is 6.04 Å². The Kier molecular flexibility index (Phi) is 4.81. The number of hydrogen-bond acceptors (Lipinski definition) is 2. The van der Waals surface area contributed by atoms with Crippen molar-refractivity contribution in [2.45, 2.75) is 71.4 Å². The summed E-state index contributed by atoms with van der Waals surface area (Å²) in [5.74, 6) is 1.23. The molecule has 0 aromatic carbocycles. The lowest BCUT2D eigenvalue weighted by Crippen LogP contribution is -2.20. The molecule has 1 aromatic heterocycles. The monoisotopic (exact) mass is 249 g/mol. The molecule has 1 atom stereocenters. The van der Waals surface area contributed by atoms with E-state index in [4.69, 9.17) is 4.98 Å². The molecule has 0 saturated carbocycles. The van der Waals surface area contributed by atoms with Gasteiger partial charge in [0.1, 0.15) is 5.82 Å². The van der Waals surface area contributed by atoms with Crippen LogP contribution in [0.25, 0.3) is 0 Å². The number of nitrogens with one attached hydrogen (secondary N) is 1. The summed E-state index contributed by atoms with van der Waals surface area (Å²) in [6.07, 6.45) is 8.94. The van der Waals surface area contributed by atoms with Crippen LogP contribution in [0.15, 0.2) is 0 Å². The first-order valence-electron chi connectivity index (χ1n) is 7.44. The highest BCUT2D eigenvalue weighted by Crippen LogP contribution is 2.22. The molecule has 1 aliphatic rings. The molecular formula is C15H27N3. The molecule has 2 rings (SSSR count). The number of aryl methyl sites for hydroxylation is 2. The summed E-state index contributed by atoms with van der Waals surface area (Å²) in [6, 6.07) is 0.641. The highest BCUT2D eigenvalue weighted by Gasteiger charge is 2.17. The molecule has 0 fully saturated rings. The molecule has 1 heterocycles. The van der Waals surface area contributed by atoms with E-state index in [9.17, 15) is 0 Å². The fraction of sp³-hybridized carbons (Fsp3) is 0.800. The maximum atomic E-state index is 4.73. The zero-order valence-electron chi connectivity index (χ0n) is 12.1. The van der Waals surface area contributed by atoms with E-state index in [0.717, 1.165) is 6.54 Å². The molecule has 1 aliphatic carbocycles. The standard InChI is InChI=1S/C15H27N3/c1-12(16-3)8-6-7-11-18-13(2)17-14-9-4-5-10-15(14)18/h12,16H,4-11H2,1-3H3. The van der Waals surface area contributed by atoms with Crippen molar-refractivity contribution in [2.24, 2.45) is 0 Å². The highest BCUT2D eigenvalue weighted by atomic mass is 15.1. The summed E-state index contributed by atoms with van der Waals surface area (Å²) in [6.45, 7) is 5.57. The Morgan fingerprint density at radius 1 is 1.28 bits per heavy atom. The summed E-state index contributed by atoms with van der Waals surface area (Å²) in [5, 5.41) is 3.30. The minimum absolute atomic E-state index is 0.641. The summed E-state index contributed by atoms with van der Waals surface area (Å²) in [7, 11) is 2.04. The second kappa shape index (κ2) is 6.37. The fourth-order valence-corrected chi connectivity index (χ4v) is 2.90. The highest BCUT2D eigenvalue weighted by molar-refractivity contribution is 5.19. The third-order valence-corrected chi connectivity index (χ3v) is 4.19. The van der Waals surface area contributed by atoms with Crippen molar-refractivity contribution in [3.8, 4) is 0 Å². The fourth-order valence-electron chi connectivity index (χ4n) is 2.90. The van der Waals surface area contributed by atoms with Crippen LogP contribution in [0.4, 0.5) is 0 Å². The van der Waals surface area contributed by atoms with Crippen LogP contribution in [-0.4, -0.2) is 22.6 Å². The summed E-state index contributed by atoms with van der Waals surface area (Å²) >= 11 is 0. The topological polar surface area (TPSA) is 29.9 Å². The lowest BCUT2D eigenvalue weighted by molar-refractivity contribution is 0.494. The number of hydrogen-bond donors (Lipinski definition) is 1. The predicted octanol–water partition coefficient (Wildman–Crippen LogP) is 2.85. The van der Waals surface area contributed by atoms with Gasteiger partial charge in [-0.1, -0.05) is 6.42 Å². The van der Waals surface area contributed by atoms with Crippen LogP contribution >= 0.6 is 0 Å². The average molecular weight is 249 g/mol. The van der Waals surface area contributed by atoms with Gasteiger partial charge in [0.2, 0.25) is 0 Å². The Morgan fingerprint density at radius 2 is 2.06 bits per heavy atom. The molecule has 0 aliphatic heterocycles. The van der Waals surface area contributed by atoms with Gasteiger partial charge in [-0.25, -0.2) is 4.98 Å². The maximum Gasteiger partial charge on any atom is 0.106 e. The summed E-state index contributed by atoms with van der Waals surface area (Å²) in [5.41, 5.74) is 2.91. The van der Waals surface area contributed by atoms with Crippen LogP contribution < -0.4 is 5.32 Å². The van der Waals surface area contributed by atoms with Gasteiger partial charge in [0.15, 0.2) is 0 Å². The molecule has 18 heavy (non-hydrogen) atoms. The molecule has 0 saturated heterocycles. The van der Waals surface area contributed by atoms with Gasteiger partial charge in [-0.2, -0.15) is 0 Å². The Balaban J connectivity index is 1.87. The lowest BCUT2D eigenvalue weighted by Gasteiger charge is -2.15. The van der Waals surface area contributed by atoms with Crippen molar-refractivity contribution in [1.82, 2.24) is 14.9 Å². The first-order valence-corrected chi connectivity index (χ1v) is 7.44. The zero-order valence-corrected chi connectivity index (χ0v) is 12.1. The van der Waals surface area contributed by atoms with E-state index in [2.05, 4.69) is 23.7 Å². The normalized spacial score (nSPS) is 16.6. The van der Waals surface area contributed by atoms with Crippen LogP contribution in [0, 0.1) is 6.92 Å². The van der Waals surface area contributed by atoms with Crippen molar-refractivity contribution in [1.29, 1.82) is 0 Å². The molecule has 3 nitrogen and oxygen atoms in total. The van der Waals surface area contributed by atoms with Crippen LogP contribution in [-0.2, 0) is 19.4 Å². The summed E-state index contributed by atoms with van der Waals surface area (Å²) in [4.78, 5) is 4.73. The van der Waals surface area contributed by atoms with Crippen LogP contribution in [0.2, 0.25) is 0 Å². The minimum Gasteiger partial charge on any atom is -0.332 e. The van der Waals surface area contributed by atoms with E-state index in [1.54, 1.807) is 0 Å². The number of fused-ring (bicyclic) bond motifs is 1. The molecule has 1 unspecified atom stereocenters. The Morgan fingerprint density at radius 3 is 2.83 bits per heavy atom. The van der Waals surface area contributed by atoms with Gasteiger partial charge >= 0.3 is 0 Å². The van der Waals surface area contributed by atoms with Crippen molar-refractivity contribution >= 4 is 0 Å². The van der Waals surface area contributed by atoms with E-state index >= 15 is 0 Å². The Bertz CT molecular complexity index is 381. The molecule has 0 amide bonds. The van der Waals surface area contributed by atoms with Crippen molar-refractivity contribution in [2.75, 3.05) is 7.05 Å². The first kappa shape index (κ1) is 13.6. The maximum absolute atomic E-state index is 4.73. The van der Waals surface area contributed by atoms with Gasteiger partial charge in [-0.15, -0.1) is 0 Å². The van der Waals surface area contributed by atoms with E-state index < -0.39 is 0 Å². The van der Waals surface area contributed by atoms with Crippen LogP contribution in [0.5, 0.6) is 0 Å². The largest absolute Gasteiger partial charge is 0.332 e. The number of rotatable bonds is 6. The first-order chi connectivity index (χ1) is 8.72. The smallest absolute Gasteiger partial charge is 0.106 e. The van der Waals surface area contributed by atoms with Crippen molar-refractivity contribution in [3.63, 3.8) is 0 Å². The molecule has 1 N–H and O–H groups in total. The van der Waals surface area contributed by atoms with E-state index in [1.165, 1.54) is 62.2 Å². The van der Waals surface area contributed by atoms with Crippen LogP contribution in [0.1, 0.15) is 56.2 Å². The van der Waals surface area contributed by atoms with Gasteiger partial charge in [-0.3, -0.25) is 0 Å². The summed E-state index contributed by atoms with van der Waals surface area (Å²) < 4.78 is 2.47. The molecule has 102 valence electrons. The zero-order chi connectivity index (χ0) is 13.0. The number of unbranched alkanes of at least 4 members (excludes halogenated alkanes) is 1. The molecule has 1 aromatic rings. The van der Waals surface area contributed by atoms with Gasteiger partial charge in [-0.05, 0) is 59.4 Å². The number of aromatic nitrogens is 2. The SMILES string of the molecule is CNC(C)CCCCn1c(C)nc2c1CCCC2. The number of nitrogens with zero attached hydrogens (tertiary/aromatic N) is 2. The van der Waals surface area contributed by atoms with Crippen molar-refractivity contribution in [3.05, 3.63) is 17.2 Å². The van der Waals surface area contributed by atoms with E-state index in [-0.39, 0.29) is 0 Å². The third kappa shape index (κ3) is 3.14. The Labute approximate surface area is 111 Å². The molecule has 3 heteroatoms. The predicted molar refractivity (Wildman–Crippen MR) is 76.0 cm³/mol. The quantitative estimate of drug-likeness (QED) is 0.786. The minimum atomic E-state index is 0.641. The number of imidazole rings is 1. The third-order valence-electron chi connectivity index (χ3n) is 4.19. The Hall–Kier alpha value is -0.830. The second-order valence-corrected chi connectivity index (χ2v) is 5.60. The van der Waals surface area contributed by atoms with Crippen LogP contribution in [0.3, 0.4) is 0 Å². The van der Waals surface area contributed by atoms with Gasteiger partial charge < -0.3 is 9.88 Å². The lowest BCUT2D eigenvalue weighted by atomic mass is 10.0.